The lowest BCUT2D eigenvalue weighted by atomic mass is 9.98. The van der Waals surface area contributed by atoms with Gasteiger partial charge in [0.1, 0.15) is 17.1 Å². The van der Waals surface area contributed by atoms with Gasteiger partial charge in [-0.3, -0.25) is 9.52 Å². The molecule has 0 radical (unpaired) electrons. The molecule has 0 aliphatic carbocycles. The molecular weight excluding hydrogens is 464 g/mol. The highest BCUT2D eigenvalue weighted by molar-refractivity contribution is 7.92. The number of sulfonamides is 1. The van der Waals surface area contributed by atoms with E-state index in [0.717, 1.165) is 38.6 Å². The molecule has 0 unspecified atom stereocenters. The molecular formula is C27H36N2O5S. The molecule has 3 aromatic rings. The Labute approximate surface area is 218 Å². The zero-order valence-corrected chi connectivity index (χ0v) is 20.8. The first-order valence-corrected chi connectivity index (χ1v) is 13.4. The molecule has 0 saturated carbocycles. The first kappa shape index (κ1) is 18.4. The van der Waals surface area contributed by atoms with Gasteiger partial charge in [-0.05, 0) is 74.8 Å². The Hall–Kier alpha value is -2.84. The van der Waals surface area contributed by atoms with Crippen LogP contribution in [0.25, 0.3) is 11.0 Å². The summed E-state index contributed by atoms with van der Waals surface area (Å²) in [6.45, 7) is 1.07. The van der Waals surface area contributed by atoms with E-state index in [1.165, 1.54) is 30.3 Å². The van der Waals surface area contributed by atoms with Gasteiger partial charge in [-0.15, -0.1) is 0 Å². The van der Waals surface area contributed by atoms with Gasteiger partial charge in [0.2, 0.25) is 10.0 Å². The third-order valence-electron chi connectivity index (χ3n) is 5.22. The fourth-order valence-electron chi connectivity index (χ4n) is 3.58. The number of anilines is 1. The quantitative estimate of drug-likeness (QED) is 0.207. The van der Waals surface area contributed by atoms with Gasteiger partial charge >= 0.3 is 0 Å². The molecule has 0 spiro atoms. The summed E-state index contributed by atoms with van der Waals surface area (Å²) in [7, 11) is -3.66. The molecule has 0 amide bonds. The first-order chi connectivity index (χ1) is 19.5. The Balaban J connectivity index is 1.94. The van der Waals surface area contributed by atoms with Crippen LogP contribution in [0.5, 0.6) is 5.75 Å². The molecule has 190 valence electrons. The second-order valence-electron chi connectivity index (χ2n) is 8.12. The molecule has 1 heterocycles. The molecule has 1 aromatic heterocycles. The van der Waals surface area contributed by atoms with Gasteiger partial charge in [0, 0.05) is 32.7 Å². The summed E-state index contributed by atoms with van der Waals surface area (Å²) in [5, 5.41) is 3.49. The van der Waals surface area contributed by atoms with Crippen LogP contribution in [0.2, 0.25) is 0 Å². The summed E-state index contributed by atoms with van der Waals surface area (Å²) in [6, 6.07) is 10.4. The van der Waals surface area contributed by atoms with Gasteiger partial charge in [0.15, 0.2) is 5.78 Å². The fourth-order valence-corrected chi connectivity index (χ4v) is 4.14. The Morgan fingerprint density at radius 2 is 1.91 bits per heavy atom. The number of benzene rings is 2. The predicted octanol–water partition coefficient (Wildman–Crippen LogP) is 5.54. The van der Waals surface area contributed by atoms with Crippen LogP contribution in [-0.4, -0.2) is 40.2 Å². The third kappa shape index (κ3) is 7.83. The summed E-state index contributed by atoms with van der Waals surface area (Å²) in [5.41, 5.74) is 0.304. The van der Waals surface area contributed by atoms with Gasteiger partial charge in [-0.2, -0.15) is 0 Å². The lowest BCUT2D eigenvalue weighted by Crippen LogP contribution is -2.18. The summed E-state index contributed by atoms with van der Waals surface area (Å²) in [4.78, 5) is 13.8. The van der Waals surface area contributed by atoms with Crippen molar-refractivity contribution in [3.05, 3.63) is 59.4 Å². The van der Waals surface area contributed by atoms with Crippen molar-refractivity contribution >= 4 is 32.5 Å². The monoisotopic (exact) mass is 507 g/mol. The molecule has 7 nitrogen and oxygen atoms in total. The molecule has 0 saturated heterocycles. The largest absolute Gasteiger partial charge is 0.494 e. The highest BCUT2D eigenvalue weighted by Crippen LogP contribution is 2.32. The average Bonchev–Trinajstić information content (AvgIpc) is 3.22. The SMILES string of the molecule is [2H]C([2H])([2H])C([2H])([2H])C([2H])([2H])Cc1oc2ccc(NS(C)(=O)=O)cc2c1C(=O)c1ccc(OCCCNCCCC)cc1. The van der Waals surface area contributed by atoms with Crippen LogP contribution in [0.15, 0.2) is 46.9 Å². The molecule has 0 atom stereocenters. The standard InChI is InChI=1S/C27H36N2O5S/c1-4-6-9-25-26(23-19-21(29-35(3,31)32)12-15-24(23)34-25)27(30)20-10-13-22(14-11-20)33-18-8-17-28-16-7-5-2/h10-15,19,28-29H,4-9,16-18H2,1-3H3/i1D3,4D2,6D2. The van der Waals surface area contributed by atoms with E-state index in [2.05, 4.69) is 17.0 Å². The second kappa shape index (κ2) is 12.7. The van der Waals surface area contributed by atoms with E-state index in [1.807, 2.05) is 0 Å². The Kier molecular flexibility index (Phi) is 6.71. The number of nitrogens with one attached hydrogen (secondary N) is 2. The van der Waals surface area contributed by atoms with Crippen LogP contribution in [-0.2, 0) is 16.4 Å². The Morgan fingerprint density at radius 3 is 2.63 bits per heavy atom. The van der Waals surface area contributed by atoms with Gasteiger partial charge in [-0.1, -0.05) is 26.6 Å². The normalized spacial score (nSPS) is 15.8. The lowest BCUT2D eigenvalue weighted by molar-refractivity contribution is 0.103. The molecule has 8 heteroatoms. The van der Waals surface area contributed by atoms with E-state index in [0.29, 0.717) is 12.4 Å². The second-order valence-corrected chi connectivity index (χ2v) is 9.87. The van der Waals surface area contributed by atoms with Crippen LogP contribution in [0.3, 0.4) is 0 Å². The van der Waals surface area contributed by atoms with E-state index in [-0.39, 0.29) is 33.5 Å². The fraction of sp³-hybridized carbons (Fsp3) is 0.444. The highest BCUT2D eigenvalue weighted by atomic mass is 32.2. The summed E-state index contributed by atoms with van der Waals surface area (Å²) >= 11 is 0. The Morgan fingerprint density at radius 1 is 1.14 bits per heavy atom. The maximum absolute atomic E-state index is 13.8. The maximum atomic E-state index is 13.8. The molecule has 0 bridgehead atoms. The average molecular weight is 508 g/mol. The van der Waals surface area contributed by atoms with Crippen LogP contribution >= 0.6 is 0 Å². The van der Waals surface area contributed by atoms with Crippen molar-refractivity contribution in [3.8, 4) is 5.75 Å². The number of furan rings is 1. The highest BCUT2D eigenvalue weighted by Gasteiger charge is 2.22. The lowest BCUT2D eigenvalue weighted by Gasteiger charge is -2.08. The predicted molar refractivity (Wildman–Crippen MR) is 141 cm³/mol. The molecule has 2 aromatic carbocycles. The van der Waals surface area contributed by atoms with Crippen LogP contribution in [0.1, 0.15) is 77.1 Å². The van der Waals surface area contributed by atoms with Crippen molar-refractivity contribution in [1.82, 2.24) is 5.32 Å². The van der Waals surface area contributed by atoms with E-state index in [9.17, 15) is 13.2 Å². The molecule has 2 N–H and O–H groups in total. The van der Waals surface area contributed by atoms with Crippen LogP contribution in [0, 0.1) is 0 Å². The number of carbonyl (C=O) groups excluding carboxylic acids is 1. The Bertz CT molecular complexity index is 1490. The van der Waals surface area contributed by atoms with Gasteiger partial charge in [0.05, 0.1) is 18.4 Å². The van der Waals surface area contributed by atoms with E-state index >= 15 is 0 Å². The first-order valence-electron chi connectivity index (χ1n) is 15.0. The van der Waals surface area contributed by atoms with Crippen molar-refractivity contribution in [2.75, 3.05) is 30.7 Å². The number of ketones is 1. The molecule has 0 aliphatic rings. The zero-order chi connectivity index (χ0) is 31.3. The van der Waals surface area contributed by atoms with Gasteiger partial charge in [0.25, 0.3) is 0 Å². The minimum Gasteiger partial charge on any atom is -0.494 e. The minimum atomic E-state index is -3.66. The number of hydrogen-bond donors (Lipinski definition) is 2. The summed E-state index contributed by atoms with van der Waals surface area (Å²) in [6.07, 6.45) is -3.11. The van der Waals surface area contributed by atoms with Crippen molar-refractivity contribution in [3.63, 3.8) is 0 Å². The van der Waals surface area contributed by atoms with Gasteiger partial charge < -0.3 is 14.5 Å². The zero-order valence-electron chi connectivity index (χ0n) is 26.9. The van der Waals surface area contributed by atoms with Crippen molar-refractivity contribution in [1.29, 1.82) is 0 Å². The topological polar surface area (TPSA) is 97.6 Å². The number of carbonyl (C=O) groups is 1. The van der Waals surface area contributed by atoms with E-state index in [4.69, 9.17) is 18.7 Å². The number of fused-ring (bicyclic) bond motifs is 1. The smallest absolute Gasteiger partial charge is 0.229 e. The number of ether oxygens (including phenoxy) is 1. The minimum absolute atomic E-state index is 0.116. The maximum Gasteiger partial charge on any atom is 0.229 e. The molecule has 0 aliphatic heterocycles. The van der Waals surface area contributed by atoms with Crippen LogP contribution in [0.4, 0.5) is 5.69 Å². The number of hydrogen-bond acceptors (Lipinski definition) is 6. The number of aryl methyl sites for hydroxylation is 1. The van der Waals surface area contributed by atoms with E-state index in [1.54, 1.807) is 12.1 Å². The van der Waals surface area contributed by atoms with Crippen LogP contribution < -0.4 is 14.8 Å². The number of rotatable bonds is 15. The third-order valence-corrected chi connectivity index (χ3v) is 5.83. The summed E-state index contributed by atoms with van der Waals surface area (Å²) in [5.74, 6) is -0.322. The van der Waals surface area contributed by atoms with Crippen molar-refractivity contribution in [2.24, 2.45) is 0 Å². The van der Waals surface area contributed by atoms with Gasteiger partial charge in [-0.25, -0.2) is 8.42 Å². The van der Waals surface area contributed by atoms with E-state index < -0.39 is 41.8 Å². The number of unbranched alkanes of at least 4 members (excludes halogenated alkanes) is 1. The summed E-state index contributed by atoms with van der Waals surface area (Å²) < 4.78 is 92.5. The molecule has 35 heavy (non-hydrogen) atoms. The van der Waals surface area contributed by atoms with Crippen molar-refractivity contribution < 1.29 is 32.0 Å². The molecule has 3 rings (SSSR count). The van der Waals surface area contributed by atoms with Crippen molar-refractivity contribution in [2.45, 2.75) is 52.2 Å². The molecule has 0 fully saturated rings.